The van der Waals surface area contributed by atoms with Gasteiger partial charge in [-0.1, -0.05) is 37.7 Å². The zero-order valence-corrected chi connectivity index (χ0v) is 17.7. The van der Waals surface area contributed by atoms with Crippen molar-refractivity contribution in [2.75, 3.05) is 26.5 Å². The molecule has 2 atom stereocenters. The Kier molecular flexibility index (Phi) is 6.49. The minimum atomic E-state index is -0.470. The molecule has 0 bridgehead atoms. The van der Waals surface area contributed by atoms with Crippen LogP contribution in [0.1, 0.15) is 25.8 Å². The third-order valence-corrected chi connectivity index (χ3v) is 6.09. The molecule has 8 heteroatoms. The van der Waals surface area contributed by atoms with Gasteiger partial charge in [0.2, 0.25) is 0 Å². The summed E-state index contributed by atoms with van der Waals surface area (Å²) in [6.07, 6.45) is 1.40. The number of imide groups is 1. The molecule has 0 aliphatic carbocycles. The van der Waals surface area contributed by atoms with Gasteiger partial charge in [-0.25, -0.2) is 9.79 Å². The molecule has 1 saturated heterocycles. The number of aliphatic imine (C=N–C) groups is 1. The lowest BCUT2D eigenvalue weighted by Crippen LogP contribution is -2.63. The number of hydrogen-bond donors (Lipinski definition) is 1. The number of hydrogen-bond acceptors (Lipinski definition) is 6. The summed E-state index contributed by atoms with van der Waals surface area (Å²) in [7, 11) is 3.34. The van der Waals surface area contributed by atoms with Gasteiger partial charge < -0.3 is 14.5 Å². The molecule has 1 aromatic rings. The highest BCUT2D eigenvalue weighted by Gasteiger charge is 2.48. The van der Waals surface area contributed by atoms with Gasteiger partial charge in [-0.15, -0.1) is 0 Å². The van der Waals surface area contributed by atoms with Crippen molar-refractivity contribution >= 4 is 28.9 Å². The van der Waals surface area contributed by atoms with Crippen LogP contribution in [0.2, 0.25) is 0 Å². The third kappa shape index (κ3) is 4.43. The zero-order chi connectivity index (χ0) is 20.3. The van der Waals surface area contributed by atoms with Gasteiger partial charge in [0.15, 0.2) is 17.4 Å². The molecular formula is C20H28N4O3S. The van der Waals surface area contributed by atoms with E-state index in [0.717, 1.165) is 35.1 Å². The van der Waals surface area contributed by atoms with Crippen molar-refractivity contribution in [2.24, 2.45) is 10.9 Å². The first-order valence-corrected chi connectivity index (χ1v) is 10.6. The number of fused-ring (bicyclic) bond motifs is 1. The Bertz CT molecular complexity index is 750. The lowest BCUT2D eigenvalue weighted by Gasteiger charge is -2.36. The van der Waals surface area contributed by atoms with Crippen LogP contribution in [0.4, 0.5) is 4.79 Å². The van der Waals surface area contributed by atoms with Crippen LogP contribution in [0.3, 0.4) is 0 Å². The molecule has 2 aliphatic heterocycles. The second-order valence-corrected chi connectivity index (χ2v) is 8.56. The Labute approximate surface area is 170 Å². The number of carbonyl (C=O) groups excluding carboxylic acids is 2. The molecule has 1 aromatic carbocycles. The number of benzene rings is 1. The van der Waals surface area contributed by atoms with Gasteiger partial charge in [0.25, 0.3) is 5.91 Å². The fourth-order valence-corrected chi connectivity index (χ4v) is 4.61. The van der Waals surface area contributed by atoms with E-state index in [1.165, 1.54) is 4.90 Å². The van der Waals surface area contributed by atoms with E-state index in [1.807, 2.05) is 24.3 Å². The SMILES string of the molecule is COc1ccc(CCN2C(SCCC(C)C)=NC3C2C(=O)NC(=O)N3C)cc1. The van der Waals surface area contributed by atoms with Crippen molar-refractivity contribution < 1.29 is 14.3 Å². The summed E-state index contributed by atoms with van der Waals surface area (Å²) in [4.78, 5) is 32.9. The molecule has 0 spiro atoms. The van der Waals surface area contributed by atoms with Crippen molar-refractivity contribution in [2.45, 2.75) is 38.9 Å². The number of thioether (sulfide) groups is 1. The average molecular weight is 405 g/mol. The minimum absolute atomic E-state index is 0.272. The van der Waals surface area contributed by atoms with E-state index in [9.17, 15) is 9.59 Å². The van der Waals surface area contributed by atoms with Gasteiger partial charge in [-0.2, -0.15) is 0 Å². The van der Waals surface area contributed by atoms with Crippen LogP contribution < -0.4 is 10.1 Å². The van der Waals surface area contributed by atoms with Gasteiger partial charge >= 0.3 is 6.03 Å². The molecule has 2 unspecified atom stereocenters. The second kappa shape index (κ2) is 8.86. The summed E-state index contributed by atoms with van der Waals surface area (Å²) >= 11 is 1.67. The summed E-state index contributed by atoms with van der Waals surface area (Å²) in [6.45, 7) is 5.05. The van der Waals surface area contributed by atoms with Crippen molar-refractivity contribution in [3.63, 3.8) is 0 Å². The molecule has 0 aromatic heterocycles. The lowest BCUT2D eigenvalue weighted by atomic mass is 10.1. The quantitative estimate of drug-likeness (QED) is 0.756. The molecule has 1 N–H and O–H groups in total. The Morgan fingerprint density at radius 3 is 2.61 bits per heavy atom. The van der Waals surface area contributed by atoms with Crippen molar-refractivity contribution in [3.8, 4) is 5.75 Å². The lowest BCUT2D eigenvalue weighted by molar-refractivity contribution is -0.127. The molecule has 0 saturated carbocycles. The van der Waals surface area contributed by atoms with Crippen molar-refractivity contribution in [1.82, 2.24) is 15.1 Å². The topological polar surface area (TPSA) is 74.2 Å². The number of rotatable bonds is 7. The largest absolute Gasteiger partial charge is 0.497 e. The number of methoxy groups -OCH3 is 1. The fraction of sp³-hybridized carbons (Fsp3) is 0.550. The fourth-order valence-electron chi connectivity index (χ4n) is 3.28. The first-order chi connectivity index (χ1) is 13.4. The first kappa shape index (κ1) is 20.5. The van der Waals surface area contributed by atoms with E-state index in [-0.39, 0.29) is 5.91 Å². The van der Waals surface area contributed by atoms with Gasteiger partial charge in [0, 0.05) is 19.3 Å². The second-order valence-electron chi connectivity index (χ2n) is 7.50. The molecule has 0 radical (unpaired) electrons. The average Bonchev–Trinajstić information content (AvgIpc) is 3.04. The summed E-state index contributed by atoms with van der Waals surface area (Å²) in [5.74, 6) is 2.10. The molecule has 28 heavy (non-hydrogen) atoms. The van der Waals surface area contributed by atoms with Crippen LogP contribution in [-0.2, 0) is 11.2 Å². The Morgan fingerprint density at radius 1 is 1.25 bits per heavy atom. The van der Waals surface area contributed by atoms with Crippen LogP contribution in [0.15, 0.2) is 29.3 Å². The van der Waals surface area contributed by atoms with E-state index in [1.54, 1.807) is 25.9 Å². The minimum Gasteiger partial charge on any atom is -0.497 e. The maximum absolute atomic E-state index is 12.6. The van der Waals surface area contributed by atoms with Crippen LogP contribution >= 0.6 is 11.8 Å². The first-order valence-electron chi connectivity index (χ1n) is 9.58. The summed E-state index contributed by atoms with van der Waals surface area (Å²) in [6, 6.07) is 7.08. The van der Waals surface area contributed by atoms with E-state index in [0.29, 0.717) is 12.5 Å². The number of amidine groups is 1. The van der Waals surface area contributed by atoms with E-state index in [2.05, 4.69) is 24.1 Å². The van der Waals surface area contributed by atoms with Gasteiger partial charge in [0.1, 0.15) is 5.75 Å². The maximum Gasteiger partial charge on any atom is 0.325 e. The highest BCUT2D eigenvalue weighted by Crippen LogP contribution is 2.29. The van der Waals surface area contributed by atoms with E-state index < -0.39 is 18.2 Å². The highest BCUT2D eigenvalue weighted by atomic mass is 32.2. The van der Waals surface area contributed by atoms with E-state index >= 15 is 0 Å². The number of ether oxygens (including phenoxy) is 1. The number of carbonyl (C=O) groups is 2. The van der Waals surface area contributed by atoms with Gasteiger partial charge in [-0.05, 0) is 36.5 Å². The van der Waals surface area contributed by atoms with Crippen molar-refractivity contribution in [3.05, 3.63) is 29.8 Å². The molecule has 2 aliphatic rings. The highest BCUT2D eigenvalue weighted by molar-refractivity contribution is 8.13. The predicted octanol–water partition coefficient (Wildman–Crippen LogP) is 2.56. The van der Waals surface area contributed by atoms with Crippen LogP contribution in [0.25, 0.3) is 0 Å². The van der Waals surface area contributed by atoms with Gasteiger partial charge in [0.05, 0.1) is 7.11 Å². The Hall–Kier alpha value is -2.22. The van der Waals surface area contributed by atoms with Crippen LogP contribution in [0.5, 0.6) is 5.75 Å². The van der Waals surface area contributed by atoms with Gasteiger partial charge in [-0.3, -0.25) is 10.1 Å². The number of urea groups is 1. The zero-order valence-electron chi connectivity index (χ0n) is 16.8. The standard InChI is InChI=1S/C20H28N4O3S/c1-13(2)10-12-28-20-21-17-16(18(25)22-19(26)23(17)3)24(20)11-9-14-5-7-15(27-4)8-6-14/h5-8,13,16-17H,9-12H2,1-4H3,(H,22,25,26). The molecule has 7 nitrogen and oxygen atoms in total. The molecule has 3 rings (SSSR count). The smallest absolute Gasteiger partial charge is 0.325 e. The number of nitrogens with one attached hydrogen (secondary N) is 1. The van der Waals surface area contributed by atoms with Crippen molar-refractivity contribution in [1.29, 1.82) is 0 Å². The number of amides is 3. The van der Waals surface area contributed by atoms with Crippen LogP contribution in [-0.4, -0.2) is 65.6 Å². The molecule has 1 fully saturated rings. The summed E-state index contributed by atoms with van der Waals surface area (Å²) in [5.41, 5.74) is 1.16. The monoisotopic (exact) mass is 404 g/mol. The molecular weight excluding hydrogens is 376 g/mol. The summed E-state index contributed by atoms with van der Waals surface area (Å²) in [5, 5.41) is 3.29. The predicted molar refractivity (Wildman–Crippen MR) is 112 cm³/mol. The Morgan fingerprint density at radius 2 is 1.96 bits per heavy atom. The maximum atomic E-state index is 12.6. The third-order valence-electron chi connectivity index (χ3n) is 5.05. The number of nitrogens with zero attached hydrogens (tertiary/aromatic N) is 3. The normalized spacial score (nSPS) is 21.7. The Balaban J connectivity index is 1.74. The number of likely N-dealkylation sites (N-methyl/N-ethyl adjacent to an activating group) is 1. The molecule has 152 valence electrons. The van der Waals surface area contributed by atoms with Crippen LogP contribution in [0, 0.1) is 5.92 Å². The summed E-state index contributed by atoms with van der Waals surface area (Å²) < 4.78 is 5.21. The molecule has 2 heterocycles. The van der Waals surface area contributed by atoms with E-state index in [4.69, 9.17) is 9.73 Å². The molecule has 3 amide bonds.